The lowest BCUT2D eigenvalue weighted by atomic mass is 10.2. The molecule has 78 valence electrons. The van der Waals surface area contributed by atoms with Gasteiger partial charge in [0.25, 0.3) is 10.1 Å². The van der Waals surface area contributed by atoms with Crippen LogP contribution in [0.5, 0.6) is 0 Å². The monoisotopic (exact) mass is 218 g/mol. The van der Waals surface area contributed by atoms with Crippen LogP contribution >= 0.6 is 0 Å². The fourth-order valence-corrected chi connectivity index (χ4v) is 1.98. The molecule has 5 heteroatoms. The van der Waals surface area contributed by atoms with Crippen molar-refractivity contribution in [1.82, 2.24) is 0 Å². The molecule has 0 aliphatic heterocycles. The Bertz CT molecular complexity index is 361. The average Bonchev–Trinajstić information content (AvgIpc) is 2.16. The predicted molar refractivity (Wildman–Crippen MR) is 51.0 cm³/mol. The van der Waals surface area contributed by atoms with E-state index in [-0.39, 0.29) is 5.75 Å². The Morgan fingerprint density at radius 3 is 2.43 bits per heavy atom. The first-order valence-corrected chi connectivity index (χ1v) is 5.69. The van der Waals surface area contributed by atoms with Crippen molar-refractivity contribution in [3.63, 3.8) is 0 Å². The van der Waals surface area contributed by atoms with E-state index in [2.05, 4.69) is 4.18 Å². The van der Waals surface area contributed by atoms with Crippen molar-refractivity contribution >= 4 is 10.1 Å². The highest BCUT2D eigenvalue weighted by Crippen LogP contribution is 2.06. The summed E-state index contributed by atoms with van der Waals surface area (Å²) in [6.07, 6.45) is 0. The highest BCUT2D eigenvalue weighted by Gasteiger charge is 2.11. The van der Waals surface area contributed by atoms with Gasteiger partial charge in [-0.15, -0.1) is 0 Å². The SMILES string of the molecule is O=S(=O)(Cc1ccccc1)OCCF. The van der Waals surface area contributed by atoms with Crippen LogP contribution in [0, 0.1) is 0 Å². The van der Waals surface area contributed by atoms with Gasteiger partial charge in [0.2, 0.25) is 0 Å². The molecular weight excluding hydrogens is 207 g/mol. The molecule has 0 saturated carbocycles. The third-order valence-corrected chi connectivity index (χ3v) is 2.74. The smallest absolute Gasteiger partial charge is 0.267 e. The first-order chi connectivity index (χ1) is 6.64. The van der Waals surface area contributed by atoms with Crippen LogP contribution in [0.1, 0.15) is 5.56 Å². The Labute approximate surface area is 82.6 Å². The van der Waals surface area contributed by atoms with Crippen LogP contribution < -0.4 is 0 Å². The molecule has 0 aliphatic rings. The Balaban J connectivity index is 2.60. The van der Waals surface area contributed by atoms with Gasteiger partial charge in [0.15, 0.2) is 0 Å². The lowest BCUT2D eigenvalue weighted by molar-refractivity contribution is 0.276. The summed E-state index contributed by atoms with van der Waals surface area (Å²) in [5.41, 5.74) is 0.631. The molecule has 0 aromatic heterocycles. The molecule has 14 heavy (non-hydrogen) atoms. The zero-order valence-electron chi connectivity index (χ0n) is 7.52. The van der Waals surface area contributed by atoms with Crippen molar-refractivity contribution in [3.05, 3.63) is 35.9 Å². The molecule has 0 saturated heterocycles. The summed E-state index contributed by atoms with van der Waals surface area (Å²) in [7, 11) is -3.64. The molecule has 0 aliphatic carbocycles. The van der Waals surface area contributed by atoms with Crippen molar-refractivity contribution in [1.29, 1.82) is 0 Å². The number of hydrogen-bond acceptors (Lipinski definition) is 3. The van der Waals surface area contributed by atoms with Crippen LogP contribution in [0.25, 0.3) is 0 Å². The zero-order valence-corrected chi connectivity index (χ0v) is 8.34. The third-order valence-electron chi connectivity index (χ3n) is 1.53. The van der Waals surface area contributed by atoms with Gasteiger partial charge in [-0.2, -0.15) is 8.42 Å². The maximum atomic E-state index is 11.7. The van der Waals surface area contributed by atoms with E-state index in [9.17, 15) is 12.8 Å². The minimum atomic E-state index is -3.64. The first kappa shape index (κ1) is 11.1. The Morgan fingerprint density at radius 2 is 1.86 bits per heavy atom. The van der Waals surface area contributed by atoms with Crippen LogP contribution in [0.4, 0.5) is 4.39 Å². The maximum absolute atomic E-state index is 11.7. The number of hydrogen-bond donors (Lipinski definition) is 0. The van der Waals surface area contributed by atoms with Crippen LogP contribution in [0.15, 0.2) is 30.3 Å². The summed E-state index contributed by atoms with van der Waals surface area (Å²) < 4.78 is 38.4. The van der Waals surface area contributed by atoms with E-state index in [1.54, 1.807) is 30.3 Å². The van der Waals surface area contributed by atoms with Crippen LogP contribution in [0.2, 0.25) is 0 Å². The van der Waals surface area contributed by atoms with Gasteiger partial charge < -0.3 is 0 Å². The zero-order chi connectivity index (χ0) is 10.4. The van der Waals surface area contributed by atoms with E-state index in [4.69, 9.17) is 0 Å². The van der Waals surface area contributed by atoms with Gasteiger partial charge in [0.1, 0.15) is 12.4 Å². The second-order valence-corrected chi connectivity index (χ2v) is 4.34. The summed E-state index contributed by atoms with van der Waals surface area (Å²) >= 11 is 0. The normalized spacial score (nSPS) is 11.5. The second-order valence-electron chi connectivity index (χ2n) is 2.70. The summed E-state index contributed by atoms with van der Waals surface area (Å²) in [6, 6.07) is 8.62. The Kier molecular flexibility index (Phi) is 4.03. The third kappa shape index (κ3) is 3.85. The molecule has 1 aromatic rings. The Morgan fingerprint density at radius 1 is 1.21 bits per heavy atom. The van der Waals surface area contributed by atoms with E-state index in [1.165, 1.54) is 0 Å². The maximum Gasteiger partial charge on any atom is 0.271 e. The molecule has 0 spiro atoms. The second kappa shape index (κ2) is 5.07. The molecule has 0 fully saturated rings. The summed E-state index contributed by atoms with van der Waals surface area (Å²) in [6.45, 7) is -1.21. The number of rotatable bonds is 5. The molecule has 0 heterocycles. The minimum Gasteiger partial charge on any atom is -0.267 e. The summed E-state index contributed by atoms with van der Waals surface area (Å²) in [5, 5.41) is 0. The van der Waals surface area contributed by atoms with E-state index in [0.29, 0.717) is 5.56 Å². The fraction of sp³-hybridized carbons (Fsp3) is 0.333. The van der Waals surface area contributed by atoms with E-state index in [1.807, 2.05) is 0 Å². The summed E-state index contributed by atoms with van der Waals surface area (Å²) in [5.74, 6) is -0.214. The van der Waals surface area contributed by atoms with E-state index in [0.717, 1.165) is 0 Å². The molecule has 0 atom stereocenters. The predicted octanol–water partition coefficient (Wildman–Crippen LogP) is 1.50. The molecule has 1 rings (SSSR count). The largest absolute Gasteiger partial charge is 0.271 e. The first-order valence-electron chi connectivity index (χ1n) is 4.11. The standard InChI is InChI=1S/C9H11FO3S/c10-6-7-13-14(11,12)8-9-4-2-1-3-5-9/h1-5H,6-8H2. The van der Waals surface area contributed by atoms with Crippen molar-refractivity contribution < 1.29 is 17.0 Å². The molecule has 0 amide bonds. The van der Waals surface area contributed by atoms with Crippen LogP contribution in [-0.4, -0.2) is 21.7 Å². The lowest BCUT2D eigenvalue weighted by Gasteiger charge is -2.03. The van der Waals surface area contributed by atoms with Crippen molar-refractivity contribution in [3.8, 4) is 0 Å². The highest BCUT2D eigenvalue weighted by atomic mass is 32.2. The van der Waals surface area contributed by atoms with Crippen LogP contribution in [0.3, 0.4) is 0 Å². The number of alkyl halides is 1. The van der Waals surface area contributed by atoms with E-state index < -0.39 is 23.4 Å². The molecule has 0 N–H and O–H groups in total. The number of benzene rings is 1. The van der Waals surface area contributed by atoms with E-state index >= 15 is 0 Å². The molecular formula is C9H11FO3S. The average molecular weight is 218 g/mol. The Hall–Kier alpha value is -0.940. The molecule has 1 aromatic carbocycles. The quantitative estimate of drug-likeness (QED) is 0.703. The van der Waals surface area contributed by atoms with Crippen molar-refractivity contribution in [2.45, 2.75) is 5.75 Å². The van der Waals surface area contributed by atoms with Crippen LogP contribution in [-0.2, 0) is 20.1 Å². The fourth-order valence-electron chi connectivity index (χ4n) is 0.978. The molecule has 3 nitrogen and oxygen atoms in total. The lowest BCUT2D eigenvalue weighted by Crippen LogP contribution is -2.10. The molecule has 0 unspecified atom stereocenters. The topological polar surface area (TPSA) is 43.4 Å². The summed E-state index contributed by atoms with van der Waals surface area (Å²) in [4.78, 5) is 0. The van der Waals surface area contributed by atoms with Gasteiger partial charge in [0, 0.05) is 0 Å². The van der Waals surface area contributed by atoms with Gasteiger partial charge in [-0.05, 0) is 5.56 Å². The van der Waals surface area contributed by atoms with Gasteiger partial charge >= 0.3 is 0 Å². The van der Waals surface area contributed by atoms with Crippen molar-refractivity contribution in [2.75, 3.05) is 13.3 Å². The minimum absolute atomic E-state index is 0.214. The van der Waals surface area contributed by atoms with Gasteiger partial charge in [-0.1, -0.05) is 30.3 Å². The van der Waals surface area contributed by atoms with Gasteiger partial charge in [-0.3, -0.25) is 4.18 Å². The van der Waals surface area contributed by atoms with Crippen molar-refractivity contribution in [2.24, 2.45) is 0 Å². The highest BCUT2D eigenvalue weighted by molar-refractivity contribution is 7.85. The molecule has 0 bridgehead atoms. The van der Waals surface area contributed by atoms with Gasteiger partial charge in [-0.25, -0.2) is 4.39 Å². The number of halogens is 1. The van der Waals surface area contributed by atoms with Gasteiger partial charge in [0.05, 0.1) is 6.61 Å². The molecule has 0 radical (unpaired) electrons.